The molecule has 3 rings (SSSR count). The van der Waals surface area contributed by atoms with Crippen LogP contribution in [-0.2, 0) is 0 Å². The summed E-state index contributed by atoms with van der Waals surface area (Å²) in [5, 5.41) is 0. The second-order valence-corrected chi connectivity index (χ2v) is 4.88. The number of hydrogen-bond donors (Lipinski definition) is 0. The van der Waals surface area contributed by atoms with Gasteiger partial charge in [0.1, 0.15) is 11.5 Å². The minimum Gasteiger partial charge on any atom is -0.457 e. The van der Waals surface area contributed by atoms with Gasteiger partial charge in [-0.15, -0.1) is 0 Å². The van der Waals surface area contributed by atoms with E-state index in [9.17, 15) is 0 Å². The van der Waals surface area contributed by atoms with Crippen molar-refractivity contribution in [3.05, 3.63) is 96.1 Å². The van der Waals surface area contributed by atoms with Gasteiger partial charge in [0.25, 0.3) is 0 Å². The van der Waals surface area contributed by atoms with E-state index in [1.807, 2.05) is 72.8 Å². The van der Waals surface area contributed by atoms with Gasteiger partial charge in [-0.3, -0.25) is 0 Å². The second-order valence-electron chi connectivity index (χ2n) is 4.88. The molecule has 0 bridgehead atoms. The molecule has 0 spiro atoms. The van der Waals surface area contributed by atoms with Gasteiger partial charge >= 0.3 is 0 Å². The quantitative estimate of drug-likeness (QED) is 0.576. The van der Waals surface area contributed by atoms with Crippen LogP contribution in [0.2, 0.25) is 0 Å². The zero-order valence-corrected chi connectivity index (χ0v) is 12.5. The maximum Gasteiger partial charge on any atom is 0.127 e. The van der Waals surface area contributed by atoms with Gasteiger partial charge in [-0.05, 0) is 38.1 Å². The molecule has 1 nitrogen and oxygen atoms in total. The van der Waals surface area contributed by atoms with E-state index in [2.05, 4.69) is 26.0 Å². The summed E-state index contributed by atoms with van der Waals surface area (Å²) in [4.78, 5) is 0. The summed E-state index contributed by atoms with van der Waals surface area (Å²) in [5.74, 6) is 1.75. The van der Waals surface area contributed by atoms with Crippen molar-refractivity contribution in [2.75, 3.05) is 0 Å². The van der Waals surface area contributed by atoms with E-state index in [1.165, 1.54) is 11.1 Å². The first-order chi connectivity index (χ1) is 10.2. The van der Waals surface area contributed by atoms with E-state index in [4.69, 9.17) is 4.74 Å². The molecule has 3 aromatic carbocycles. The summed E-state index contributed by atoms with van der Waals surface area (Å²) in [7, 11) is 0. The average Bonchev–Trinajstić information content (AvgIpc) is 2.52. The molecule has 0 N–H and O–H groups in total. The monoisotopic (exact) mass is 276 g/mol. The highest BCUT2D eigenvalue weighted by Gasteiger charge is 1.94. The molecule has 0 aliphatic rings. The predicted molar refractivity (Wildman–Crippen MR) is 88.9 cm³/mol. The fourth-order valence-electron chi connectivity index (χ4n) is 1.77. The van der Waals surface area contributed by atoms with Crippen LogP contribution in [0.3, 0.4) is 0 Å². The Morgan fingerprint density at radius 1 is 0.476 bits per heavy atom. The number of hydrogen-bond acceptors (Lipinski definition) is 1. The fraction of sp³-hybridized carbons (Fsp3) is 0.100. The van der Waals surface area contributed by atoms with Gasteiger partial charge < -0.3 is 4.74 Å². The van der Waals surface area contributed by atoms with E-state index < -0.39 is 0 Å². The standard InChI is InChI=1S/C13H12O.C7H8/c1-11-7-9-13(10-8-11)14-12-5-3-2-4-6-12;1-7-5-3-2-4-6-7/h2-10H,1H3;2-6H,1H3. The van der Waals surface area contributed by atoms with E-state index in [0.29, 0.717) is 0 Å². The van der Waals surface area contributed by atoms with Gasteiger partial charge in [-0.2, -0.15) is 0 Å². The Kier molecular flexibility index (Phi) is 5.60. The highest BCUT2D eigenvalue weighted by molar-refractivity contribution is 5.32. The summed E-state index contributed by atoms with van der Waals surface area (Å²) in [6.07, 6.45) is 0. The van der Waals surface area contributed by atoms with Crippen LogP contribution < -0.4 is 4.74 Å². The molecule has 0 radical (unpaired) electrons. The zero-order chi connectivity index (χ0) is 14.9. The van der Waals surface area contributed by atoms with Crippen molar-refractivity contribution in [1.29, 1.82) is 0 Å². The highest BCUT2D eigenvalue weighted by atomic mass is 16.5. The Bertz CT molecular complexity index is 628. The number of aryl methyl sites for hydroxylation is 2. The molecule has 1 heteroatoms. The Hall–Kier alpha value is -2.54. The first-order valence-electron chi connectivity index (χ1n) is 7.05. The lowest BCUT2D eigenvalue weighted by molar-refractivity contribution is 0.482. The molecule has 0 aromatic heterocycles. The molecular weight excluding hydrogens is 256 g/mol. The molecule has 0 atom stereocenters. The number of rotatable bonds is 2. The van der Waals surface area contributed by atoms with Crippen molar-refractivity contribution in [2.45, 2.75) is 13.8 Å². The minimum atomic E-state index is 0.872. The third-order valence-electron chi connectivity index (χ3n) is 2.94. The van der Waals surface area contributed by atoms with Crippen LogP contribution in [0, 0.1) is 13.8 Å². The first-order valence-corrected chi connectivity index (χ1v) is 7.05. The molecule has 0 aliphatic carbocycles. The van der Waals surface area contributed by atoms with Crippen LogP contribution in [0.25, 0.3) is 0 Å². The lowest BCUT2D eigenvalue weighted by Crippen LogP contribution is -1.82. The summed E-state index contributed by atoms with van der Waals surface area (Å²) in [5.41, 5.74) is 2.56. The number of ether oxygens (including phenoxy) is 1. The fourth-order valence-corrected chi connectivity index (χ4v) is 1.77. The van der Waals surface area contributed by atoms with Crippen molar-refractivity contribution < 1.29 is 4.74 Å². The molecule has 21 heavy (non-hydrogen) atoms. The number of benzene rings is 3. The van der Waals surface area contributed by atoms with Crippen LogP contribution in [0.4, 0.5) is 0 Å². The van der Waals surface area contributed by atoms with Crippen molar-refractivity contribution in [3.63, 3.8) is 0 Å². The van der Waals surface area contributed by atoms with Gasteiger partial charge in [-0.1, -0.05) is 71.8 Å². The molecule has 0 fully saturated rings. The lowest BCUT2D eigenvalue weighted by atomic mass is 10.2. The minimum absolute atomic E-state index is 0.872. The van der Waals surface area contributed by atoms with Crippen molar-refractivity contribution in [3.8, 4) is 11.5 Å². The van der Waals surface area contributed by atoms with Crippen LogP contribution >= 0.6 is 0 Å². The molecular formula is C20H20O. The van der Waals surface area contributed by atoms with E-state index in [0.717, 1.165) is 11.5 Å². The summed E-state index contributed by atoms with van der Waals surface area (Å²) in [6.45, 7) is 4.15. The molecule has 0 saturated heterocycles. The summed E-state index contributed by atoms with van der Waals surface area (Å²) in [6, 6.07) is 28.1. The molecule has 106 valence electrons. The Morgan fingerprint density at radius 2 is 0.905 bits per heavy atom. The second kappa shape index (κ2) is 7.91. The van der Waals surface area contributed by atoms with Crippen molar-refractivity contribution >= 4 is 0 Å². The Balaban J connectivity index is 0.000000194. The van der Waals surface area contributed by atoms with Crippen LogP contribution in [0.15, 0.2) is 84.9 Å². The average molecular weight is 276 g/mol. The smallest absolute Gasteiger partial charge is 0.127 e. The van der Waals surface area contributed by atoms with Crippen molar-refractivity contribution in [2.24, 2.45) is 0 Å². The van der Waals surface area contributed by atoms with Crippen LogP contribution in [0.1, 0.15) is 11.1 Å². The SMILES string of the molecule is Cc1ccc(Oc2ccccc2)cc1.Cc1ccccc1. The first kappa shape index (κ1) is 14.9. The van der Waals surface area contributed by atoms with E-state index in [-0.39, 0.29) is 0 Å². The van der Waals surface area contributed by atoms with E-state index >= 15 is 0 Å². The van der Waals surface area contributed by atoms with Gasteiger partial charge in [0.15, 0.2) is 0 Å². The molecule has 0 aliphatic heterocycles. The van der Waals surface area contributed by atoms with Gasteiger partial charge in [-0.25, -0.2) is 0 Å². The van der Waals surface area contributed by atoms with Gasteiger partial charge in [0.05, 0.1) is 0 Å². The molecule has 3 aromatic rings. The van der Waals surface area contributed by atoms with Gasteiger partial charge in [0.2, 0.25) is 0 Å². The summed E-state index contributed by atoms with van der Waals surface area (Å²) < 4.78 is 5.63. The zero-order valence-electron chi connectivity index (χ0n) is 12.5. The van der Waals surface area contributed by atoms with Gasteiger partial charge in [0, 0.05) is 0 Å². The predicted octanol–water partition coefficient (Wildman–Crippen LogP) is 5.78. The molecule has 0 heterocycles. The highest BCUT2D eigenvalue weighted by Crippen LogP contribution is 2.20. The molecule has 0 unspecified atom stereocenters. The maximum absolute atomic E-state index is 5.63. The normalized spacial score (nSPS) is 9.43. The lowest BCUT2D eigenvalue weighted by Gasteiger charge is -2.04. The Morgan fingerprint density at radius 3 is 1.38 bits per heavy atom. The third kappa shape index (κ3) is 5.53. The third-order valence-corrected chi connectivity index (χ3v) is 2.94. The summed E-state index contributed by atoms with van der Waals surface area (Å²) >= 11 is 0. The number of para-hydroxylation sites is 1. The molecule has 0 saturated carbocycles. The Labute approximate surface area is 126 Å². The van der Waals surface area contributed by atoms with Crippen LogP contribution in [-0.4, -0.2) is 0 Å². The van der Waals surface area contributed by atoms with Crippen molar-refractivity contribution in [1.82, 2.24) is 0 Å². The molecule has 0 amide bonds. The topological polar surface area (TPSA) is 9.23 Å². The largest absolute Gasteiger partial charge is 0.457 e. The van der Waals surface area contributed by atoms with E-state index in [1.54, 1.807) is 0 Å². The maximum atomic E-state index is 5.63. The van der Waals surface area contributed by atoms with Crippen LogP contribution in [0.5, 0.6) is 11.5 Å².